The molecule has 4 nitrogen and oxygen atoms in total. The van der Waals surface area contributed by atoms with E-state index in [9.17, 15) is 4.79 Å². The SMILES string of the molecule is CCOC(=O)N1CCc2c(N)cccc21. The predicted octanol–water partition coefficient (Wildman–Crippen LogP) is 1.79. The minimum absolute atomic E-state index is 0.290. The van der Waals surface area contributed by atoms with Gasteiger partial charge in [-0.2, -0.15) is 0 Å². The Morgan fingerprint density at radius 3 is 3.13 bits per heavy atom. The van der Waals surface area contributed by atoms with Gasteiger partial charge in [0.05, 0.1) is 12.3 Å². The van der Waals surface area contributed by atoms with Gasteiger partial charge < -0.3 is 10.5 Å². The predicted molar refractivity (Wildman–Crippen MR) is 58.9 cm³/mol. The van der Waals surface area contributed by atoms with Crippen molar-refractivity contribution in [1.29, 1.82) is 0 Å². The van der Waals surface area contributed by atoms with E-state index >= 15 is 0 Å². The zero-order valence-corrected chi connectivity index (χ0v) is 8.69. The summed E-state index contributed by atoms with van der Waals surface area (Å²) in [4.78, 5) is 13.2. The van der Waals surface area contributed by atoms with Gasteiger partial charge in [0.1, 0.15) is 0 Å². The summed E-state index contributed by atoms with van der Waals surface area (Å²) in [6.07, 6.45) is 0.516. The molecule has 1 aliphatic heterocycles. The average Bonchev–Trinajstić information content (AvgIpc) is 2.63. The zero-order valence-electron chi connectivity index (χ0n) is 8.69. The van der Waals surface area contributed by atoms with E-state index in [0.717, 1.165) is 23.4 Å². The van der Waals surface area contributed by atoms with Crippen LogP contribution < -0.4 is 10.6 Å². The number of nitrogens with zero attached hydrogens (tertiary/aromatic N) is 1. The van der Waals surface area contributed by atoms with Crippen molar-refractivity contribution in [1.82, 2.24) is 0 Å². The van der Waals surface area contributed by atoms with Crippen LogP contribution in [0.25, 0.3) is 0 Å². The maximum absolute atomic E-state index is 11.6. The molecule has 1 heterocycles. The van der Waals surface area contributed by atoms with Crippen molar-refractivity contribution in [2.24, 2.45) is 0 Å². The molecule has 2 N–H and O–H groups in total. The topological polar surface area (TPSA) is 55.6 Å². The molecule has 1 aliphatic rings. The van der Waals surface area contributed by atoms with Gasteiger partial charge in [-0.25, -0.2) is 4.79 Å². The van der Waals surface area contributed by atoms with E-state index in [1.54, 1.807) is 11.8 Å². The minimum Gasteiger partial charge on any atom is -0.449 e. The fraction of sp³-hybridized carbons (Fsp3) is 0.364. The number of benzene rings is 1. The van der Waals surface area contributed by atoms with Gasteiger partial charge in [-0.15, -0.1) is 0 Å². The number of hydrogen-bond acceptors (Lipinski definition) is 3. The molecule has 4 heteroatoms. The van der Waals surface area contributed by atoms with Crippen LogP contribution >= 0.6 is 0 Å². The maximum atomic E-state index is 11.6. The Morgan fingerprint density at radius 2 is 2.40 bits per heavy atom. The highest BCUT2D eigenvalue weighted by molar-refractivity contribution is 5.91. The van der Waals surface area contributed by atoms with Crippen LogP contribution in [0.3, 0.4) is 0 Å². The number of carbonyl (C=O) groups excluding carboxylic acids is 1. The van der Waals surface area contributed by atoms with Crippen molar-refractivity contribution < 1.29 is 9.53 Å². The van der Waals surface area contributed by atoms with Crippen molar-refractivity contribution in [3.05, 3.63) is 23.8 Å². The number of ether oxygens (including phenoxy) is 1. The first-order valence-corrected chi connectivity index (χ1v) is 5.05. The first kappa shape index (κ1) is 9.83. The molecule has 0 saturated heterocycles. The average molecular weight is 206 g/mol. The third-order valence-corrected chi connectivity index (χ3v) is 2.55. The highest BCUT2D eigenvalue weighted by Gasteiger charge is 2.26. The van der Waals surface area contributed by atoms with Gasteiger partial charge in [0.2, 0.25) is 0 Å². The van der Waals surface area contributed by atoms with Crippen LogP contribution in [0.4, 0.5) is 16.2 Å². The molecule has 80 valence electrons. The number of fused-ring (bicyclic) bond motifs is 1. The van der Waals surface area contributed by atoms with Crippen LogP contribution in [0.2, 0.25) is 0 Å². The second-order valence-corrected chi connectivity index (χ2v) is 3.45. The first-order chi connectivity index (χ1) is 7.24. The van der Waals surface area contributed by atoms with Crippen molar-refractivity contribution in [3.63, 3.8) is 0 Å². The van der Waals surface area contributed by atoms with Crippen LogP contribution in [0.5, 0.6) is 0 Å². The van der Waals surface area contributed by atoms with Gasteiger partial charge in [-0.05, 0) is 25.5 Å². The van der Waals surface area contributed by atoms with Crippen molar-refractivity contribution >= 4 is 17.5 Å². The van der Waals surface area contributed by atoms with Crippen LogP contribution in [-0.4, -0.2) is 19.2 Å². The van der Waals surface area contributed by atoms with E-state index in [1.165, 1.54) is 0 Å². The van der Waals surface area contributed by atoms with Gasteiger partial charge in [-0.1, -0.05) is 6.07 Å². The number of carbonyl (C=O) groups is 1. The molecule has 0 aromatic heterocycles. The Morgan fingerprint density at radius 1 is 1.60 bits per heavy atom. The number of anilines is 2. The number of rotatable bonds is 1. The molecule has 0 fully saturated rings. The molecule has 1 aromatic rings. The molecule has 2 rings (SSSR count). The third kappa shape index (κ3) is 1.63. The van der Waals surface area contributed by atoms with Crippen molar-refractivity contribution in [2.75, 3.05) is 23.8 Å². The number of amides is 1. The maximum Gasteiger partial charge on any atom is 0.414 e. The second-order valence-electron chi connectivity index (χ2n) is 3.45. The fourth-order valence-electron chi connectivity index (χ4n) is 1.85. The summed E-state index contributed by atoms with van der Waals surface area (Å²) in [5.41, 5.74) is 8.51. The van der Waals surface area contributed by atoms with Crippen LogP contribution in [0.15, 0.2) is 18.2 Å². The standard InChI is InChI=1S/C11H14N2O2/c1-2-15-11(14)13-7-6-8-9(12)4-3-5-10(8)13/h3-5H,2,6-7,12H2,1H3. The molecule has 0 spiro atoms. The van der Waals surface area contributed by atoms with E-state index in [4.69, 9.17) is 10.5 Å². The summed E-state index contributed by atoms with van der Waals surface area (Å²) in [6, 6.07) is 5.61. The number of nitrogen functional groups attached to an aromatic ring is 1. The van der Waals surface area contributed by atoms with Gasteiger partial charge in [0.15, 0.2) is 0 Å². The summed E-state index contributed by atoms with van der Waals surface area (Å²) in [6.45, 7) is 2.85. The van der Waals surface area contributed by atoms with Crippen LogP contribution in [0, 0.1) is 0 Å². The lowest BCUT2D eigenvalue weighted by Gasteiger charge is -2.16. The third-order valence-electron chi connectivity index (χ3n) is 2.55. The summed E-state index contributed by atoms with van der Waals surface area (Å²) in [7, 11) is 0. The zero-order chi connectivity index (χ0) is 10.8. The van der Waals surface area contributed by atoms with Gasteiger partial charge in [-0.3, -0.25) is 4.90 Å². The van der Waals surface area contributed by atoms with E-state index in [1.807, 2.05) is 18.2 Å². The second kappa shape index (κ2) is 3.81. The lowest BCUT2D eigenvalue weighted by Crippen LogP contribution is -2.29. The molecular weight excluding hydrogens is 192 g/mol. The molecular formula is C11H14N2O2. The van der Waals surface area contributed by atoms with Crippen LogP contribution in [-0.2, 0) is 11.2 Å². The summed E-state index contributed by atoms with van der Waals surface area (Å²) in [5, 5.41) is 0. The van der Waals surface area contributed by atoms with Crippen LogP contribution in [0.1, 0.15) is 12.5 Å². The lowest BCUT2D eigenvalue weighted by atomic mass is 10.1. The fourth-order valence-corrected chi connectivity index (χ4v) is 1.85. The molecule has 0 radical (unpaired) electrons. The summed E-state index contributed by atoms with van der Waals surface area (Å²) in [5.74, 6) is 0. The Kier molecular flexibility index (Phi) is 2.49. The van der Waals surface area contributed by atoms with E-state index < -0.39 is 0 Å². The minimum atomic E-state index is -0.290. The Hall–Kier alpha value is -1.71. The number of hydrogen-bond donors (Lipinski definition) is 1. The number of nitrogens with two attached hydrogens (primary N) is 1. The van der Waals surface area contributed by atoms with E-state index in [0.29, 0.717) is 13.2 Å². The lowest BCUT2D eigenvalue weighted by molar-refractivity contribution is 0.160. The van der Waals surface area contributed by atoms with E-state index in [-0.39, 0.29) is 6.09 Å². The van der Waals surface area contributed by atoms with Gasteiger partial charge in [0, 0.05) is 17.8 Å². The highest BCUT2D eigenvalue weighted by atomic mass is 16.6. The molecule has 0 bridgehead atoms. The first-order valence-electron chi connectivity index (χ1n) is 5.05. The van der Waals surface area contributed by atoms with Gasteiger partial charge in [0.25, 0.3) is 0 Å². The largest absolute Gasteiger partial charge is 0.449 e. The quantitative estimate of drug-likeness (QED) is 0.713. The molecule has 0 aliphatic carbocycles. The highest BCUT2D eigenvalue weighted by Crippen LogP contribution is 2.32. The Bertz CT molecular complexity index is 390. The summed E-state index contributed by atoms with van der Waals surface area (Å²) < 4.78 is 4.97. The smallest absolute Gasteiger partial charge is 0.414 e. The molecule has 0 unspecified atom stereocenters. The normalized spacial score (nSPS) is 13.8. The summed E-state index contributed by atoms with van der Waals surface area (Å²) >= 11 is 0. The molecule has 0 saturated carbocycles. The molecule has 1 aromatic carbocycles. The monoisotopic (exact) mass is 206 g/mol. The Balaban J connectivity index is 2.29. The Labute approximate surface area is 88.6 Å². The van der Waals surface area contributed by atoms with Crippen molar-refractivity contribution in [3.8, 4) is 0 Å². The molecule has 1 amide bonds. The van der Waals surface area contributed by atoms with E-state index in [2.05, 4.69) is 0 Å². The van der Waals surface area contributed by atoms with Gasteiger partial charge >= 0.3 is 6.09 Å². The van der Waals surface area contributed by atoms with Crippen molar-refractivity contribution in [2.45, 2.75) is 13.3 Å². The molecule has 15 heavy (non-hydrogen) atoms. The molecule has 0 atom stereocenters.